The molecule has 2 fully saturated rings. The van der Waals surface area contributed by atoms with Crippen molar-refractivity contribution >= 4 is 25.5 Å². The summed E-state index contributed by atoms with van der Waals surface area (Å²) in [6.07, 6.45) is -13.8. The Bertz CT molecular complexity index is 1560. The van der Waals surface area contributed by atoms with Crippen LogP contribution in [0.25, 0.3) is 0 Å². The minimum absolute atomic E-state index is 0.0131. The van der Waals surface area contributed by atoms with Crippen LogP contribution in [0.3, 0.4) is 0 Å². The van der Waals surface area contributed by atoms with Crippen molar-refractivity contribution in [1.82, 2.24) is 29.9 Å². The van der Waals surface area contributed by atoms with Crippen molar-refractivity contribution in [3.8, 4) is 0 Å². The SMILES string of the molecule is NCc1cn(CC(=O)N[C@H]2[C@H]([C@H](O)[C@H](O)CO)O[C@](OP(=O)(O)OC[C@H]3O[C@@H](n4ccc(N)nc4=O)[C@H](O)[C@@H]3O)(C(=O)O)C[C@@H]2O)nn1. The molecule has 2 aromatic rings. The fourth-order valence-corrected chi connectivity index (χ4v) is 5.93. The van der Waals surface area contributed by atoms with Crippen LogP contribution in [-0.2, 0) is 45.8 Å². The molecular formula is C23H35N8O16P. The fraction of sp³-hybridized carbons (Fsp3) is 0.652. The number of aliphatic hydroxyl groups is 6. The van der Waals surface area contributed by atoms with E-state index in [1.165, 1.54) is 12.3 Å². The first-order valence-corrected chi connectivity index (χ1v) is 15.5. The van der Waals surface area contributed by atoms with Gasteiger partial charge in [-0.15, -0.1) is 5.10 Å². The molecule has 1 amide bonds. The standard InChI is InChI=1S/C23H35N8O16P/c24-4-9-5-30(29-28-9)6-14(35)27-15-10(33)3-23(21(39)40,46-19(15)16(36)11(34)7-32)47-48(42,43)44-8-12-17(37)18(38)20(45-12)31-2-1-13(25)26-22(31)41/h1-2,5,10-12,15-20,32-34,36-38H,3-4,6-8,24H2,(H,27,35)(H,39,40)(H,42,43)(H2,25,26,41)/t10-,11+,12+,15+,16+,17+,18+,19+,20+,23+/m0/s1. The molecule has 0 radical (unpaired) electrons. The Morgan fingerprint density at radius 1 is 1.25 bits per heavy atom. The minimum Gasteiger partial charge on any atom is -0.477 e. The minimum atomic E-state index is -5.59. The first-order valence-electron chi connectivity index (χ1n) is 14.0. The monoisotopic (exact) mass is 710 g/mol. The van der Waals surface area contributed by atoms with Crippen LogP contribution in [0.1, 0.15) is 18.3 Å². The van der Waals surface area contributed by atoms with Gasteiger partial charge in [0.25, 0.3) is 5.79 Å². The number of aliphatic carboxylic acids is 1. The average molecular weight is 711 g/mol. The van der Waals surface area contributed by atoms with Gasteiger partial charge in [-0.2, -0.15) is 4.98 Å². The second-order valence-corrected chi connectivity index (χ2v) is 12.2. The molecule has 0 spiro atoms. The van der Waals surface area contributed by atoms with Gasteiger partial charge in [-0.05, 0) is 6.07 Å². The number of ether oxygens (including phenoxy) is 2. The van der Waals surface area contributed by atoms with E-state index in [9.17, 15) is 59.6 Å². The molecule has 1 unspecified atom stereocenters. The van der Waals surface area contributed by atoms with Crippen LogP contribution in [0.5, 0.6) is 0 Å². The van der Waals surface area contributed by atoms with Crippen LogP contribution >= 0.6 is 7.82 Å². The van der Waals surface area contributed by atoms with Gasteiger partial charge in [0.1, 0.15) is 49.0 Å². The molecule has 0 aliphatic carbocycles. The first kappa shape index (κ1) is 37.3. The quantitative estimate of drug-likeness (QED) is 0.0812. The van der Waals surface area contributed by atoms with E-state index in [-0.39, 0.29) is 12.4 Å². The van der Waals surface area contributed by atoms with E-state index in [0.29, 0.717) is 5.69 Å². The number of nitrogens with two attached hydrogens (primary N) is 2. The van der Waals surface area contributed by atoms with E-state index in [1.54, 1.807) is 0 Å². The van der Waals surface area contributed by atoms with E-state index >= 15 is 0 Å². The maximum Gasteiger partial charge on any atom is 0.475 e. The number of aromatic nitrogens is 5. The van der Waals surface area contributed by atoms with Gasteiger partial charge in [0, 0.05) is 19.2 Å². The zero-order valence-corrected chi connectivity index (χ0v) is 25.5. The second kappa shape index (κ2) is 15.0. The number of aliphatic hydroxyl groups excluding tert-OH is 6. The molecule has 13 N–H and O–H groups in total. The summed E-state index contributed by atoms with van der Waals surface area (Å²) >= 11 is 0. The van der Waals surface area contributed by atoms with Crippen LogP contribution in [0, 0.1) is 0 Å². The van der Waals surface area contributed by atoms with Gasteiger partial charge >= 0.3 is 19.5 Å². The number of carboxylic acid groups (broad SMARTS) is 1. The highest BCUT2D eigenvalue weighted by molar-refractivity contribution is 7.47. The normalized spacial score (nSPS) is 31.5. The van der Waals surface area contributed by atoms with Crippen molar-refractivity contribution in [2.24, 2.45) is 5.73 Å². The van der Waals surface area contributed by atoms with Crippen molar-refractivity contribution < 1.29 is 73.3 Å². The number of phosphoric acid groups is 1. The largest absolute Gasteiger partial charge is 0.477 e. The number of carbonyl (C=O) groups excluding carboxylic acids is 1. The Balaban J connectivity index is 1.50. The van der Waals surface area contributed by atoms with E-state index in [0.717, 1.165) is 15.4 Å². The number of anilines is 1. The molecule has 2 saturated heterocycles. The third kappa shape index (κ3) is 8.20. The lowest BCUT2D eigenvalue weighted by Crippen LogP contribution is -2.68. The number of phosphoric ester groups is 1. The molecule has 0 aromatic carbocycles. The molecule has 268 valence electrons. The maximum absolute atomic E-state index is 13.0. The number of nitrogens with one attached hydrogen (secondary N) is 1. The molecule has 4 heterocycles. The lowest BCUT2D eigenvalue weighted by molar-refractivity contribution is -0.289. The van der Waals surface area contributed by atoms with Crippen molar-refractivity contribution in [2.75, 3.05) is 18.9 Å². The molecule has 4 rings (SSSR count). The van der Waals surface area contributed by atoms with Gasteiger partial charge < -0.3 is 66.9 Å². The number of amides is 1. The van der Waals surface area contributed by atoms with E-state index in [4.69, 9.17) is 30.0 Å². The summed E-state index contributed by atoms with van der Waals surface area (Å²) in [5.74, 6) is -6.43. The highest BCUT2D eigenvalue weighted by atomic mass is 31.2. The number of carbonyl (C=O) groups is 2. The fourth-order valence-electron chi connectivity index (χ4n) is 4.97. The first-order chi connectivity index (χ1) is 22.5. The highest BCUT2D eigenvalue weighted by Gasteiger charge is 2.59. The van der Waals surface area contributed by atoms with Crippen molar-refractivity contribution in [3.05, 3.63) is 34.6 Å². The van der Waals surface area contributed by atoms with Gasteiger partial charge in [0.15, 0.2) is 6.23 Å². The van der Waals surface area contributed by atoms with E-state index in [2.05, 4.69) is 20.6 Å². The third-order valence-corrected chi connectivity index (χ3v) is 8.37. The topological polar surface area (TPSA) is 380 Å². The molecule has 24 nitrogen and oxygen atoms in total. The Morgan fingerprint density at radius 3 is 2.56 bits per heavy atom. The molecule has 25 heteroatoms. The smallest absolute Gasteiger partial charge is 0.475 e. The highest BCUT2D eigenvalue weighted by Crippen LogP contribution is 2.51. The number of rotatable bonds is 14. The summed E-state index contributed by atoms with van der Waals surface area (Å²) < 4.78 is 35.3. The maximum atomic E-state index is 13.0. The molecule has 2 aliphatic rings. The Morgan fingerprint density at radius 2 is 1.96 bits per heavy atom. The summed E-state index contributed by atoms with van der Waals surface area (Å²) in [7, 11) is -5.59. The zero-order chi connectivity index (χ0) is 35.6. The average Bonchev–Trinajstić information content (AvgIpc) is 3.59. The van der Waals surface area contributed by atoms with Crippen LogP contribution < -0.4 is 22.5 Å². The summed E-state index contributed by atoms with van der Waals surface area (Å²) in [6, 6.07) is -0.505. The van der Waals surface area contributed by atoms with Crippen molar-refractivity contribution in [1.29, 1.82) is 0 Å². The Hall–Kier alpha value is -3.49. The number of carboxylic acids is 1. The Kier molecular flexibility index (Phi) is 11.6. The van der Waals surface area contributed by atoms with Crippen LogP contribution in [0.4, 0.5) is 5.82 Å². The molecule has 0 saturated carbocycles. The van der Waals surface area contributed by atoms with Gasteiger partial charge in [0.05, 0.1) is 37.3 Å². The van der Waals surface area contributed by atoms with Gasteiger partial charge in [-0.1, -0.05) is 5.21 Å². The molecule has 2 aromatic heterocycles. The number of hydrogen-bond acceptors (Lipinski definition) is 19. The number of nitrogen functional groups attached to an aromatic ring is 1. The molecule has 48 heavy (non-hydrogen) atoms. The zero-order valence-electron chi connectivity index (χ0n) is 24.6. The summed E-state index contributed by atoms with van der Waals surface area (Å²) in [6.45, 7) is -2.63. The summed E-state index contributed by atoms with van der Waals surface area (Å²) in [5, 5.41) is 81.6. The third-order valence-electron chi connectivity index (χ3n) is 7.37. The van der Waals surface area contributed by atoms with Gasteiger partial charge in [-0.25, -0.2) is 23.4 Å². The molecule has 0 bridgehead atoms. The molecular weight excluding hydrogens is 675 g/mol. The molecule has 2 aliphatic heterocycles. The number of hydrogen-bond donors (Lipinski definition) is 11. The number of nitrogens with zero attached hydrogens (tertiary/aromatic N) is 5. The summed E-state index contributed by atoms with van der Waals surface area (Å²) in [4.78, 5) is 51.3. The van der Waals surface area contributed by atoms with Crippen molar-refractivity contribution in [2.45, 2.75) is 80.3 Å². The summed E-state index contributed by atoms with van der Waals surface area (Å²) in [5.41, 5.74) is 10.3. The van der Waals surface area contributed by atoms with Crippen LogP contribution in [-0.4, -0.2) is 145 Å². The van der Waals surface area contributed by atoms with Crippen LogP contribution in [0.2, 0.25) is 0 Å². The van der Waals surface area contributed by atoms with E-state index in [1.807, 2.05) is 0 Å². The lowest BCUT2D eigenvalue weighted by atomic mass is 9.88. The van der Waals surface area contributed by atoms with Crippen LogP contribution in [0.15, 0.2) is 23.3 Å². The van der Waals surface area contributed by atoms with Crippen molar-refractivity contribution in [3.63, 3.8) is 0 Å². The molecule has 11 atom stereocenters. The van der Waals surface area contributed by atoms with Gasteiger partial charge in [-0.3, -0.25) is 13.9 Å². The predicted molar refractivity (Wildman–Crippen MR) is 151 cm³/mol. The lowest BCUT2D eigenvalue weighted by Gasteiger charge is -2.46. The van der Waals surface area contributed by atoms with E-state index < -0.39 is 112 Å². The Labute approximate surface area is 268 Å². The second-order valence-electron chi connectivity index (χ2n) is 10.8. The predicted octanol–water partition coefficient (Wildman–Crippen LogP) is -6.54. The van der Waals surface area contributed by atoms with Gasteiger partial charge in [0.2, 0.25) is 5.91 Å².